The summed E-state index contributed by atoms with van der Waals surface area (Å²) in [5, 5.41) is 9.34. The summed E-state index contributed by atoms with van der Waals surface area (Å²) in [6, 6.07) is 0.348. The number of anilines is 2. The van der Waals surface area contributed by atoms with Crippen LogP contribution in [-0.2, 0) is 0 Å². The normalized spacial score (nSPS) is 19.4. The summed E-state index contributed by atoms with van der Waals surface area (Å²) in [7, 11) is 0. The molecule has 88 valence electrons. The highest BCUT2D eigenvalue weighted by Crippen LogP contribution is 2.22. The van der Waals surface area contributed by atoms with E-state index in [2.05, 4.69) is 25.6 Å². The SMILES string of the molecule is c1csc(Nc2cncc(C3CCCN3)n2)n1. The molecule has 1 fully saturated rings. The molecule has 1 saturated heterocycles. The van der Waals surface area contributed by atoms with Gasteiger partial charge in [0.1, 0.15) is 0 Å². The maximum atomic E-state index is 4.56. The maximum Gasteiger partial charge on any atom is 0.188 e. The monoisotopic (exact) mass is 247 g/mol. The predicted octanol–water partition coefficient (Wildman–Crippen LogP) is 2.10. The Kier molecular flexibility index (Phi) is 2.98. The molecular weight excluding hydrogens is 234 g/mol. The lowest BCUT2D eigenvalue weighted by Gasteiger charge is -2.10. The van der Waals surface area contributed by atoms with Crippen molar-refractivity contribution in [3.63, 3.8) is 0 Å². The highest BCUT2D eigenvalue weighted by molar-refractivity contribution is 7.13. The molecule has 0 amide bonds. The predicted molar refractivity (Wildman–Crippen MR) is 67.4 cm³/mol. The highest BCUT2D eigenvalue weighted by atomic mass is 32.1. The van der Waals surface area contributed by atoms with Gasteiger partial charge < -0.3 is 10.6 Å². The fourth-order valence-corrected chi connectivity index (χ4v) is 2.48. The van der Waals surface area contributed by atoms with Gasteiger partial charge in [-0.1, -0.05) is 0 Å². The minimum Gasteiger partial charge on any atom is -0.315 e. The van der Waals surface area contributed by atoms with Crippen molar-refractivity contribution >= 4 is 22.3 Å². The van der Waals surface area contributed by atoms with E-state index in [1.54, 1.807) is 23.7 Å². The molecule has 0 saturated carbocycles. The second-order valence-electron chi connectivity index (χ2n) is 3.94. The van der Waals surface area contributed by atoms with Crippen LogP contribution in [0.5, 0.6) is 0 Å². The molecule has 3 rings (SSSR count). The van der Waals surface area contributed by atoms with Crippen molar-refractivity contribution in [2.24, 2.45) is 0 Å². The summed E-state index contributed by atoms with van der Waals surface area (Å²) >= 11 is 1.55. The standard InChI is InChI=1S/C11H13N5S/c1-2-8(13-3-1)9-6-12-7-10(15-9)16-11-14-4-5-17-11/h4-8,13H,1-3H2,(H,14,15,16). The number of thiazole rings is 1. The summed E-state index contributed by atoms with van der Waals surface area (Å²) in [6.45, 7) is 1.07. The van der Waals surface area contributed by atoms with Crippen molar-refractivity contribution in [2.75, 3.05) is 11.9 Å². The van der Waals surface area contributed by atoms with Crippen molar-refractivity contribution in [1.29, 1.82) is 0 Å². The summed E-state index contributed by atoms with van der Waals surface area (Å²) in [6.07, 6.45) is 7.66. The van der Waals surface area contributed by atoms with Gasteiger partial charge in [0.05, 0.1) is 24.1 Å². The average molecular weight is 247 g/mol. The number of aromatic nitrogens is 3. The number of hydrogen-bond donors (Lipinski definition) is 2. The van der Waals surface area contributed by atoms with Gasteiger partial charge in [-0.3, -0.25) is 4.98 Å². The van der Waals surface area contributed by atoms with E-state index in [-0.39, 0.29) is 0 Å². The lowest BCUT2D eigenvalue weighted by molar-refractivity contribution is 0.625. The van der Waals surface area contributed by atoms with Crippen LogP contribution in [0.2, 0.25) is 0 Å². The Hall–Kier alpha value is -1.53. The van der Waals surface area contributed by atoms with Gasteiger partial charge in [-0.25, -0.2) is 9.97 Å². The maximum absolute atomic E-state index is 4.56. The molecule has 0 aliphatic carbocycles. The second kappa shape index (κ2) is 4.77. The van der Waals surface area contributed by atoms with Crippen LogP contribution < -0.4 is 10.6 Å². The first-order valence-electron chi connectivity index (χ1n) is 5.64. The molecule has 17 heavy (non-hydrogen) atoms. The molecule has 1 aliphatic heterocycles. The van der Waals surface area contributed by atoms with Crippen molar-refractivity contribution in [1.82, 2.24) is 20.3 Å². The van der Waals surface area contributed by atoms with E-state index in [1.807, 2.05) is 11.6 Å². The van der Waals surface area contributed by atoms with Crippen LogP contribution in [0.4, 0.5) is 10.9 Å². The molecule has 1 unspecified atom stereocenters. The Bertz CT molecular complexity index is 478. The van der Waals surface area contributed by atoms with E-state index in [1.165, 1.54) is 6.42 Å². The van der Waals surface area contributed by atoms with Crippen molar-refractivity contribution in [2.45, 2.75) is 18.9 Å². The Morgan fingerprint density at radius 3 is 3.18 bits per heavy atom. The molecule has 0 spiro atoms. The van der Waals surface area contributed by atoms with E-state index in [4.69, 9.17) is 0 Å². The highest BCUT2D eigenvalue weighted by Gasteiger charge is 2.18. The van der Waals surface area contributed by atoms with Crippen LogP contribution in [0.3, 0.4) is 0 Å². The third kappa shape index (κ3) is 2.42. The van der Waals surface area contributed by atoms with Crippen molar-refractivity contribution in [3.8, 4) is 0 Å². The summed E-state index contributed by atoms with van der Waals surface area (Å²) in [4.78, 5) is 12.9. The third-order valence-electron chi connectivity index (χ3n) is 2.74. The van der Waals surface area contributed by atoms with Crippen LogP contribution in [0.15, 0.2) is 24.0 Å². The zero-order valence-corrected chi connectivity index (χ0v) is 10.1. The van der Waals surface area contributed by atoms with Gasteiger partial charge in [0.25, 0.3) is 0 Å². The lowest BCUT2D eigenvalue weighted by atomic mass is 10.2. The van der Waals surface area contributed by atoms with Crippen LogP contribution in [0.1, 0.15) is 24.6 Å². The van der Waals surface area contributed by atoms with E-state index in [0.717, 1.165) is 29.6 Å². The minimum atomic E-state index is 0.348. The minimum absolute atomic E-state index is 0.348. The Labute approximate surface area is 103 Å². The number of nitrogens with zero attached hydrogens (tertiary/aromatic N) is 3. The molecule has 2 N–H and O–H groups in total. The van der Waals surface area contributed by atoms with Gasteiger partial charge in [-0.15, -0.1) is 11.3 Å². The zero-order valence-electron chi connectivity index (χ0n) is 9.26. The van der Waals surface area contributed by atoms with Gasteiger partial charge in [0, 0.05) is 11.6 Å². The Balaban J connectivity index is 1.78. The summed E-state index contributed by atoms with van der Waals surface area (Å²) < 4.78 is 0. The van der Waals surface area contributed by atoms with E-state index in [0.29, 0.717) is 6.04 Å². The first-order chi connectivity index (χ1) is 8.42. The molecule has 0 aromatic carbocycles. The summed E-state index contributed by atoms with van der Waals surface area (Å²) in [5.74, 6) is 0.756. The zero-order chi connectivity index (χ0) is 11.5. The average Bonchev–Trinajstić information content (AvgIpc) is 3.01. The van der Waals surface area contributed by atoms with E-state index in [9.17, 15) is 0 Å². The molecule has 0 bridgehead atoms. The fourth-order valence-electron chi connectivity index (χ4n) is 1.94. The molecule has 2 aromatic heterocycles. The molecule has 1 aliphatic rings. The van der Waals surface area contributed by atoms with Crippen molar-refractivity contribution in [3.05, 3.63) is 29.7 Å². The first kappa shape index (κ1) is 10.6. The second-order valence-corrected chi connectivity index (χ2v) is 4.83. The van der Waals surface area contributed by atoms with Gasteiger partial charge >= 0.3 is 0 Å². The number of nitrogens with one attached hydrogen (secondary N) is 2. The Morgan fingerprint density at radius 1 is 1.41 bits per heavy atom. The quantitative estimate of drug-likeness (QED) is 0.869. The van der Waals surface area contributed by atoms with Crippen LogP contribution in [0.25, 0.3) is 0 Å². The number of rotatable bonds is 3. The smallest absolute Gasteiger partial charge is 0.188 e. The van der Waals surface area contributed by atoms with Gasteiger partial charge in [0.2, 0.25) is 0 Å². The van der Waals surface area contributed by atoms with Crippen molar-refractivity contribution < 1.29 is 0 Å². The molecule has 1 atom stereocenters. The third-order valence-corrected chi connectivity index (χ3v) is 3.43. The Morgan fingerprint density at radius 2 is 2.41 bits per heavy atom. The molecule has 6 heteroatoms. The topological polar surface area (TPSA) is 62.7 Å². The molecule has 0 radical (unpaired) electrons. The van der Waals surface area contributed by atoms with E-state index < -0.39 is 0 Å². The first-order valence-corrected chi connectivity index (χ1v) is 6.51. The molecule has 5 nitrogen and oxygen atoms in total. The van der Waals surface area contributed by atoms with E-state index >= 15 is 0 Å². The van der Waals surface area contributed by atoms with Crippen LogP contribution in [0, 0.1) is 0 Å². The fraction of sp³-hybridized carbons (Fsp3) is 0.364. The number of hydrogen-bond acceptors (Lipinski definition) is 6. The molecule has 3 heterocycles. The van der Waals surface area contributed by atoms with Crippen LogP contribution >= 0.6 is 11.3 Å². The van der Waals surface area contributed by atoms with Gasteiger partial charge in [0.15, 0.2) is 10.9 Å². The van der Waals surface area contributed by atoms with Gasteiger partial charge in [-0.2, -0.15) is 0 Å². The van der Waals surface area contributed by atoms with Crippen LogP contribution in [-0.4, -0.2) is 21.5 Å². The van der Waals surface area contributed by atoms with Gasteiger partial charge in [-0.05, 0) is 19.4 Å². The lowest BCUT2D eigenvalue weighted by Crippen LogP contribution is -2.15. The largest absolute Gasteiger partial charge is 0.315 e. The summed E-state index contributed by atoms with van der Waals surface area (Å²) in [5.41, 5.74) is 1.00. The molecular formula is C11H13N5S. The molecule has 2 aromatic rings.